The van der Waals surface area contributed by atoms with E-state index in [9.17, 15) is 14.7 Å². The van der Waals surface area contributed by atoms with Gasteiger partial charge < -0.3 is 19.5 Å². The maximum absolute atomic E-state index is 13.2. The third-order valence-electron chi connectivity index (χ3n) is 6.23. The van der Waals surface area contributed by atoms with E-state index in [-0.39, 0.29) is 17.4 Å². The standard InChI is InChI=1S/C27H32N2O5/c1-18(2)34-22-10-9-21(17-19(22)3)25(30)23-24(20-7-5-4-6-8-20)29(27(32)26(23)31)12-11-28-13-15-33-16-14-28/h4-10,17-18,24,30H,11-16H2,1-3H3/b25-23+/t24-/m0/s1. The Morgan fingerprint density at radius 2 is 1.79 bits per heavy atom. The molecule has 2 aromatic rings. The van der Waals surface area contributed by atoms with E-state index in [1.54, 1.807) is 23.1 Å². The summed E-state index contributed by atoms with van der Waals surface area (Å²) in [5.74, 6) is -0.689. The molecular formula is C27H32N2O5. The number of rotatable bonds is 7. The number of aliphatic hydroxyl groups excluding tert-OH is 1. The average Bonchev–Trinajstić information content (AvgIpc) is 3.09. The van der Waals surface area contributed by atoms with Crippen LogP contribution in [0, 0.1) is 6.92 Å². The highest BCUT2D eigenvalue weighted by atomic mass is 16.5. The topological polar surface area (TPSA) is 79.3 Å². The summed E-state index contributed by atoms with van der Waals surface area (Å²) in [6.07, 6.45) is 0.0213. The summed E-state index contributed by atoms with van der Waals surface area (Å²) >= 11 is 0. The van der Waals surface area contributed by atoms with Gasteiger partial charge in [0.25, 0.3) is 11.7 Å². The Balaban J connectivity index is 1.70. The molecule has 0 saturated carbocycles. The van der Waals surface area contributed by atoms with Crippen LogP contribution in [0.2, 0.25) is 0 Å². The van der Waals surface area contributed by atoms with Gasteiger partial charge in [-0.25, -0.2) is 0 Å². The molecule has 0 aromatic heterocycles. The van der Waals surface area contributed by atoms with Crippen molar-refractivity contribution in [1.29, 1.82) is 0 Å². The highest BCUT2D eigenvalue weighted by molar-refractivity contribution is 6.46. The number of carbonyl (C=O) groups excluding carboxylic acids is 2. The van der Waals surface area contributed by atoms with E-state index in [0.717, 1.165) is 30.0 Å². The molecule has 1 atom stereocenters. The molecule has 2 aliphatic heterocycles. The molecule has 2 fully saturated rings. The number of hydrogen-bond donors (Lipinski definition) is 1. The highest BCUT2D eigenvalue weighted by Crippen LogP contribution is 2.39. The molecular weight excluding hydrogens is 432 g/mol. The van der Waals surface area contributed by atoms with Gasteiger partial charge in [-0.15, -0.1) is 0 Å². The van der Waals surface area contributed by atoms with Crippen LogP contribution >= 0.6 is 0 Å². The predicted molar refractivity (Wildman–Crippen MR) is 130 cm³/mol. The smallest absolute Gasteiger partial charge is 0.295 e. The number of carbonyl (C=O) groups is 2. The Hall–Kier alpha value is -3.16. The first-order valence-electron chi connectivity index (χ1n) is 11.8. The Labute approximate surface area is 200 Å². The molecule has 34 heavy (non-hydrogen) atoms. The number of amides is 1. The number of ether oxygens (including phenoxy) is 2. The number of morpholine rings is 1. The van der Waals surface area contributed by atoms with E-state index in [0.29, 0.717) is 31.9 Å². The van der Waals surface area contributed by atoms with Crippen molar-refractivity contribution in [2.45, 2.75) is 32.9 Å². The van der Waals surface area contributed by atoms with Crippen LogP contribution in [0.25, 0.3) is 5.76 Å². The number of nitrogens with zero attached hydrogens (tertiary/aromatic N) is 2. The molecule has 180 valence electrons. The van der Waals surface area contributed by atoms with Crippen LogP contribution in [-0.4, -0.2) is 72.1 Å². The minimum atomic E-state index is -0.659. The molecule has 4 rings (SSSR count). The van der Waals surface area contributed by atoms with Crippen LogP contribution in [0.5, 0.6) is 5.75 Å². The minimum Gasteiger partial charge on any atom is -0.507 e. The molecule has 7 heteroatoms. The molecule has 7 nitrogen and oxygen atoms in total. The van der Waals surface area contributed by atoms with Crippen molar-refractivity contribution in [1.82, 2.24) is 9.80 Å². The second kappa shape index (κ2) is 10.4. The maximum atomic E-state index is 13.2. The molecule has 2 aromatic carbocycles. The lowest BCUT2D eigenvalue weighted by Gasteiger charge is -2.31. The fraction of sp³-hybridized carbons (Fsp3) is 0.407. The molecule has 0 bridgehead atoms. The lowest BCUT2D eigenvalue weighted by atomic mass is 9.95. The SMILES string of the molecule is Cc1cc(/C(O)=C2\C(=O)C(=O)N(CCN3CCOCC3)[C@H]2c2ccccc2)ccc1OC(C)C. The second-order valence-corrected chi connectivity index (χ2v) is 9.00. The Morgan fingerprint density at radius 1 is 1.09 bits per heavy atom. The van der Waals surface area contributed by atoms with Gasteiger partial charge in [-0.05, 0) is 50.1 Å². The number of Topliss-reactive ketones (excluding diaryl/α,β-unsaturated/α-hetero) is 1. The zero-order valence-electron chi connectivity index (χ0n) is 20.0. The quantitative estimate of drug-likeness (QED) is 0.384. The van der Waals surface area contributed by atoms with Crippen LogP contribution < -0.4 is 4.74 Å². The van der Waals surface area contributed by atoms with Gasteiger partial charge in [-0.1, -0.05) is 30.3 Å². The predicted octanol–water partition coefficient (Wildman–Crippen LogP) is 3.54. The summed E-state index contributed by atoms with van der Waals surface area (Å²) in [6.45, 7) is 9.74. The minimum absolute atomic E-state index is 0.0213. The van der Waals surface area contributed by atoms with E-state index in [2.05, 4.69) is 4.90 Å². The summed E-state index contributed by atoms with van der Waals surface area (Å²) in [5.41, 5.74) is 2.24. The van der Waals surface area contributed by atoms with Crippen molar-refractivity contribution < 1.29 is 24.2 Å². The number of aryl methyl sites for hydroxylation is 1. The number of aliphatic hydroxyl groups is 1. The van der Waals surface area contributed by atoms with Gasteiger partial charge in [0.05, 0.1) is 30.9 Å². The van der Waals surface area contributed by atoms with Crippen LogP contribution in [0.15, 0.2) is 54.1 Å². The third kappa shape index (κ3) is 5.00. The molecule has 0 radical (unpaired) electrons. The molecule has 0 spiro atoms. The van der Waals surface area contributed by atoms with Gasteiger partial charge in [0.15, 0.2) is 0 Å². The number of benzene rings is 2. The van der Waals surface area contributed by atoms with Crippen molar-refractivity contribution in [3.63, 3.8) is 0 Å². The van der Waals surface area contributed by atoms with Crippen molar-refractivity contribution in [2.24, 2.45) is 0 Å². The van der Waals surface area contributed by atoms with Gasteiger partial charge in [0, 0.05) is 31.7 Å². The van der Waals surface area contributed by atoms with E-state index < -0.39 is 17.7 Å². The molecule has 1 N–H and O–H groups in total. The number of hydrogen-bond acceptors (Lipinski definition) is 6. The first-order chi connectivity index (χ1) is 16.4. The molecule has 0 unspecified atom stereocenters. The lowest BCUT2D eigenvalue weighted by molar-refractivity contribution is -0.140. The van der Waals surface area contributed by atoms with Crippen molar-refractivity contribution in [2.75, 3.05) is 39.4 Å². The largest absolute Gasteiger partial charge is 0.507 e. The van der Waals surface area contributed by atoms with Crippen LogP contribution in [0.3, 0.4) is 0 Å². The molecule has 1 amide bonds. The third-order valence-corrected chi connectivity index (χ3v) is 6.23. The number of likely N-dealkylation sites (tertiary alicyclic amines) is 1. The first kappa shape index (κ1) is 24.0. The van der Waals surface area contributed by atoms with Crippen LogP contribution in [0.4, 0.5) is 0 Å². The summed E-state index contributed by atoms with van der Waals surface area (Å²) < 4.78 is 11.2. The van der Waals surface area contributed by atoms with Gasteiger partial charge >= 0.3 is 0 Å². The van der Waals surface area contributed by atoms with E-state index >= 15 is 0 Å². The summed E-state index contributed by atoms with van der Waals surface area (Å²) in [6, 6.07) is 14.1. The Kier molecular flexibility index (Phi) is 7.34. The zero-order chi connectivity index (χ0) is 24.2. The van der Waals surface area contributed by atoms with Crippen molar-refractivity contribution in [3.05, 3.63) is 70.8 Å². The van der Waals surface area contributed by atoms with E-state index in [1.165, 1.54) is 0 Å². The molecule has 2 heterocycles. The summed E-state index contributed by atoms with van der Waals surface area (Å²) in [5, 5.41) is 11.3. The van der Waals surface area contributed by atoms with Gasteiger partial charge in [-0.3, -0.25) is 14.5 Å². The number of ketones is 1. The monoisotopic (exact) mass is 464 g/mol. The summed E-state index contributed by atoms with van der Waals surface area (Å²) in [4.78, 5) is 30.1. The fourth-order valence-electron chi connectivity index (χ4n) is 4.50. The van der Waals surface area contributed by atoms with Crippen molar-refractivity contribution in [3.8, 4) is 5.75 Å². The molecule has 0 aliphatic carbocycles. The van der Waals surface area contributed by atoms with E-state index in [1.807, 2.05) is 51.1 Å². The van der Waals surface area contributed by atoms with Crippen LogP contribution in [-0.2, 0) is 14.3 Å². The van der Waals surface area contributed by atoms with Gasteiger partial charge in [0.1, 0.15) is 11.5 Å². The second-order valence-electron chi connectivity index (χ2n) is 9.00. The Morgan fingerprint density at radius 3 is 2.44 bits per heavy atom. The maximum Gasteiger partial charge on any atom is 0.295 e. The fourth-order valence-corrected chi connectivity index (χ4v) is 4.50. The zero-order valence-corrected chi connectivity index (χ0v) is 20.0. The molecule has 2 saturated heterocycles. The van der Waals surface area contributed by atoms with Crippen LogP contribution in [0.1, 0.15) is 36.6 Å². The Bertz CT molecular complexity index is 1070. The molecule has 2 aliphatic rings. The van der Waals surface area contributed by atoms with E-state index in [4.69, 9.17) is 9.47 Å². The first-order valence-corrected chi connectivity index (χ1v) is 11.8. The normalized spacial score (nSPS) is 20.8. The van der Waals surface area contributed by atoms with Crippen molar-refractivity contribution >= 4 is 17.4 Å². The summed E-state index contributed by atoms with van der Waals surface area (Å²) in [7, 11) is 0. The lowest BCUT2D eigenvalue weighted by Crippen LogP contribution is -2.42. The van der Waals surface area contributed by atoms with Gasteiger partial charge in [-0.2, -0.15) is 0 Å². The van der Waals surface area contributed by atoms with Gasteiger partial charge in [0.2, 0.25) is 0 Å². The average molecular weight is 465 g/mol. The highest BCUT2D eigenvalue weighted by Gasteiger charge is 2.46.